The second kappa shape index (κ2) is 7.86. The molecule has 10 heteroatoms. The summed E-state index contributed by atoms with van der Waals surface area (Å²) >= 11 is 0.838. The lowest BCUT2D eigenvalue weighted by Gasteiger charge is -2.16. The Kier molecular flexibility index (Phi) is 5.69. The number of nitro groups is 1. The smallest absolute Gasteiger partial charge is 0.347 e. The highest BCUT2D eigenvalue weighted by Gasteiger charge is 2.34. The van der Waals surface area contributed by atoms with Gasteiger partial charge in [-0.05, 0) is 24.8 Å². The number of likely N-dealkylation sites (N-methyl/N-ethyl adjacent to an activating group) is 1. The van der Waals surface area contributed by atoms with Crippen LogP contribution >= 0.6 is 11.3 Å². The van der Waals surface area contributed by atoms with Gasteiger partial charge in [-0.1, -0.05) is 36.3 Å². The molecule has 1 fully saturated rings. The average molecular weight is 413 g/mol. The molecule has 28 heavy (non-hydrogen) atoms. The zero-order chi connectivity index (χ0) is 20.5. The van der Waals surface area contributed by atoms with E-state index in [1.54, 1.807) is 11.9 Å². The lowest BCUT2D eigenvalue weighted by atomic mass is 10.1. The quantitative estimate of drug-likeness (QED) is 0.401. The van der Waals surface area contributed by atoms with E-state index >= 15 is 0 Å². The van der Waals surface area contributed by atoms with Crippen LogP contribution < -0.4 is 10.5 Å². The second-order valence-corrected chi connectivity index (χ2v) is 7.76. The van der Waals surface area contributed by atoms with E-state index in [0.717, 1.165) is 24.2 Å². The Morgan fingerprint density at radius 2 is 2.04 bits per heavy atom. The molecule has 0 bridgehead atoms. The lowest BCUT2D eigenvalue weighted by molar-refractivity contribution is -0.383. The van der Waals surface area contributed by atoms with Gasteiger partial charge in [0.15, 0.2) is 5.13 Å². The van der Waals surface area contributed by atoms with Crippen molar-refractivity contribution in [1.82, 2.24) is 4.98 Å². The maximum atomic E-state index is 13.0. The van der Waals surface area contributed by atoms with E-state index in [1.165, 1.54) is 12.8 Å². The third-order valence-corrected chi connectivity index (χ3v) is 5.95. The van der Waals surface area contributed by atoms with Crippen molar-refractivity contribution in [2.24, 2.45) is 5.92 Å². The molecule has 1 saturated carbocycles. The fourth-order valence-electron chi connectivity index (χ4n) is 3.24. The molecule has 0 radical (unpaired) electrons. The summed E-state index contributed by atoms with van der Waals surface area (Å²) in [5.74, 6) is 0.540. The fraction of sp³-hybridized carbons (Fsp3) is 0.444. The molecule has 1 aliphatic carbocycles. The highest BCUT2D eigenvalue weighted by molar-refractivity contribution is 7.22. The first kappa shape index (κ1) is 20.2. The average Bonchev–Trinajstić information content (AvgIpc) is 3.13. The number of benzene rings is 1. The Bertz CT molecular complexity index is 982. The molecule has 150 valence electrons. The number of allylic oxidation sites excluding steroid dienone is 1. The van der Waals surface area contributed by atoms with Gasteiger partial charge in [0.1, 0.15) is 4.70 Å². The number of rotatable bonds is 5. The second-order valence-electron chi connectivity index (χ2n) is 6.78. The van der Waals surface area contributed by atoms with Crippen molar-refractivity contribution in [3.05, 3.63) is 50.3 Å². The van der Waals surface area contributed by atoms with Crippen molar-refractivity contribution in [3.8, 4) is 0 Å². The number of hydrogen-bond acceptors (Lipinski definition) is 6. The van der Waals surface area contributed by atoms with Crippen LogP contribution in [0.5, 0.6) is 0 Å². The largest absolute Gasteiger partial charge is 0.416 e. The standard InChI is InChI=1S/C18H18F3N3O3S/c1-23(8-4-7-11-5-2-3-6-11)17-22-16(25)13-9-12(18(19,20)21)10-14(24(26)27)15(13)28-17/h4,7,9-11H,2-3,5-6,8H2,1H3/b7-4-. The third kappa shape index (κ3) is 4.32. The first-order valence-electron chi connectivity index (χ1n) is 8.75. The summed E-state index contributed by atoms with van der Waals surface area (Å²) in [6.45, 7) is 0.444. The van der Waals surface area contributed by atoms with Crippen LogP contribution in [-0.4, -0.2) is 23.5 Å². The van der Waals surface area contributed by atoms with Gasteiger partial charge >= 0.3 is 6.18 Å². The molecule has 1 aromatic heterocycles. The minimum Gasteiger partial charge on any atom is -0.347 e. The molecule has 1 aliphatic rings. The van der Waals surface area contributed by atoms with Gasteiger partial charge in [0.05, 0.1) is 15.9 Å². The van der Waals surface area contributed by atoms with Crippen LogP contribution in [0.15, 0.2) is 29.1 Å². The minimum atomic E-state index is -4.80. The van der Waals surface area contributed by atoms with Gasteiger partial charge in [0.25, 0.3) is 11.2 Å². The fourth-order valence-corrected chi connectivity index (χ4v) is 4.28. The van der Waals surface area contributed by atoms with Gasteiger partial charge in [0, 0.05) is 19.7 Å². The molecule has 6 nitrogen and oxygen atoms in total. The van der Waals surface area contributed by atoms with Crippen molar-refractivity contribution in [2.45, 2.75) is 31.9 Å². The number of non-ortho nitro benzene ring substituents is 1. The number of anilines is 1. The van der Waals surface area contributed by atoms with Crippen molar-refractivity contribution < 1.29 is 18.1 Å². The highest BCUT2D eigenvalue weighted by Crippen LogP contribution is 2.38. The van der Waals surface area contributed by atoms with Crippen LogP contribution in [0.2, 0.25) is 0 Å². The number of aromatic nitrogens is 1. The SMILES string of the molecule is CN(C/C=C\C1CCCC1)c1nc(=O)c2cc(C(F)(F)F)cc([N+](=O)[O-])c2s1. The van der Waals surface area contributed by atoms with Gasteiger partial charge in [-0.15, -0.1) is 0 Å². The molecule has 0 aliphatic heterocycles. The van der Waals surface area contributed by atoms with Gasteiger partial charge in [-0.25, -0.2) is 0 Å². The summed E-state index contributed by atoms with van der Waals surface area (Å²) in [6.07, 6.45) is 4.00. The maximum absolute atomic E-state index is 13.0. The number of hydrogen-bond donors (Lipinski definition) is 0. The van der Waals surface area contributed by atoms with Crippen LogP contribution in [0.25, 0.3) is 10.1 Å². The minimum absolute atomic E-state index is 0.111. The maximum Gasteiger partial charge on any atom is 0.416 e. The molecule has 0 saturated heterocycles. The van der Waals surface area contributed by atoms with Gasteiger partial charge in [0.2, 0.25) is 0 Å². The molecule has 2 aromatic rings. The first-order valence-corrected chi connectivity index (χ1v) is 9.56. The molecule has 0 unspecified atom stereocenters. The normalized spacial score (nSPS) is 15.6. The van der Waals surface area contributed by atoms with Gasteiger partial charge < -0.3 is 4.90 Å². The highest BCUT2D eigenvalue weighted by atomic mass is 32.1. The monoisotopic (exact) mass is 413 g/mol. The molecule has 0 amide bonds. The van der Waals surface area contributed by atoms with Crippen molar-refractivity contribution in [2.75, 3.05) is 18.5 Å². The van der Waals surface area contributed by atoms with Crippen LogP contribution in [-0.2, 0) is 6.18 Å². The molecular formula is C18H18F3N3O3S. The molecule has 0 spiro atoms. The summed E-state index contributed by atoms with van der Waals surface area (Å²) < 4.78 is 38.9. The zero-order valence-electron chi connectivity index (χ0n) is 15.0. The number of fused-ring (bicyclic) bond motifs is 1. The topological polar surface area (TPSA) is 76.3 Å². The van der Waals surface area contributed by atoms with Crippen molar-refractivity contribution >= 4 is 32.2 Å². The predicted molar refractivity (Wildman–Crippen MR) is 102 cm³/mol. The van der Waals surface area contributed by atoms with E-state index in [1.807, 2.05) is 6.08 Å². The van der Waals surface area contributed by atoms with Gasteiger partial charge in [-0.3, -0.25) is 14.9 Å². The third-order valence-electron chi connectivity index (χ3n) is 4.73. The summed E-state index contributed by atoms with van der Waals surface area (Å²) in [4.78, 5) is 28.2. The van der Waals surface area contributed by atoms with E-state index in [-0.39, 0.29) is 9.83 Å². The molecular weight excluding hydrogens is 395 g/mol. The van der Waals surface area contributed by atoms with E-state index in [2.05, 4.69) is 11.1 Å². The summed E-state index contributed by atoms with van der Waals surface area (Å²) in [7, 11) is 1.68. The summed E-state index contributed by atoms with van der Waals surface area (Å²) in [5, 5.41) is 11.1. The van der Waals surface area contributed by atoms with E-state index in [4.69, 9.17) is 0 Å². The lowest BCUT2D eigenvalue weighted by Crippen LogP contribution is -2.21. The van der Waals surface area contributed by atoms with Crippen LogP contribution in [0, 0.1) is 16.0 Å². The molecule has 1 heterocycles. The Hall–Kier alpha value is -2.49. The number of nitrogens with zero attached hydrogens (tertiary/aromatic N) is 3. The Labute approximate surface area is 162 Å². The summed E-state index contributed by atoms with van der Waals surface area (Å²) in [5.41, 5.74) is -2.89. The number of alkyl halides is 3. The summed E-state index contributed by atoms with van der Waals surface area (Å²) in [6, 6.07) is 1.08. The zero-order valence-corrected chi connectivity index (χ0v) is 15.8. The molecule has 0 N–H and O–H groups in total. The van der Waals surface area contributed by atoms with Crippen LogP contribution in [0.4, 0.5) is 24.0 Å². The van der Waals surface area contributed by atoms with E-state index in [0.29, 0.717) is 24.6 Å². The number of halogens is 3. The molecule has 0 atom stereocenters. The molecule has 3 rings (SSSR count). The Morgan fingerprint density at radius 3 is 2.64 bits per heavy atom. The Morgan fingerprint density at radius 1 is 1.36 bits per heavy atom. The van der Waals surface area contributed by atoms with Gasteiger partial charge in [-0.2, -0.15) is 18.2 Å². The molecule has 1 aromatic carbocycles. The van der Waals surface area contributed by atoms with Crippen LogP contribution in [0.3, 0.4) is 0 Å². The Balaban J connectivity index is 1.98. The van der Waals surface area contributed by atoms with Crippen LogP contribution in [0.1, 0.15) is 31.2 Å². The van der Waals surface area contributed by atoms with E-state index in [9.17, 15) is 28.1 Å². The van der Waals surface area contributed by atoms with E-state index < -0.39 is 33.3 Å². The first-order chi connectivity index (χ1) is 13.2. The van der Waals surface area contributed by atoms with Crippen molar-refractivity contribution in [3.63, 3.8) is 0 Å². The van der Waals surface area contributed by atoms with Crippen molar-refractivity contribution in [1.29, 1.82) is 0 Å². The number of nitro benzene ring substituents is 1. The predicted octanol–water partition coefficient (Wildman–Crippen LogP) is 4.77.